The van der Waals surface area contributed by atoms with Crippen molar-refractivity contribution in [3.63, 3.8) is 0 Å². The van der Waals surface area contributed by atoms with Crippen molar-refractivity contribution < 1.29 is 9.84 Å². The number of rotatable bonds is 10. The molecule has 32 heavy (non-hydrogen) atoms. The Balaban J connectivity index is 1.37. The van der Waals surface area contributed by atoms with E-state index in [1.165, 1.54) is 19.3 Å². The fourth-order valence-electron chi connectivity index (χ4n) is 4.28. The van der Waals surface area contributed by atoms with Gasteiger partial charge in [-0.2, -0.15) is 10.1 Å². The lowest BCUT2D eigenvalue weighted by Gasteiger charge is -2.22. The molecule has 1 saturated carbocycles. The number of anilines is 2. The minimum absolute atomic E-state index is 0.272. The van der Waals surface area contributed by atoms with E-state index in [9.17, 15) is 5.11 Å². The normalized spacial score (nSPS) is 15.9. The van der Waals surface area contributed by atoms with Crippen molar-refractivity contribution in [2.75, 3.05) is 31.6 Å². The lowest BCUT2D eigenvalue weighted by Crippen LogP contribution is -2.35. The summed E-state index contributed by atoms with van der Waals surface area (Å²) < 4.78 is 7.82. The number of hydrogen-bond acceptors (Lipinski definition) is 7. The summed E-state index contributed by atoms with van der Waals surface area (Å²) in [5.41, 5.74) is 1.76. The van der Waals surface area contributed by atoms with Crippen molar-refractivity contribution >= 4 is 22.7 Å². The van der Waals surface area contributed by atoms with E-state index in [0.29, 0.717) is 18.5 Å². The Kier molecular flexibility index (Phi) is 7.55. The molecule has 8 nitrogen and oxygen atoms in total. The van der Waals surface area contributed by atoms with Crippen LogP contribution in [-0.2, 0) is 0 Å². The van der Waals surface area contributed by atoms with Crippen LogP contribution >= 0.6 is 0 Å². The summed E-state index contributed by atoms with van der Waals surface area (Å²) in [4.78, 5) is 11.4. The number of nitrogens with zero attached hydrogens (tertiary/aromatic N) is 5. The smallest absolute Gasteiger partial charge is 0.229 e. The van der Waals surface area contributed by atoms with Crippen LogP contribution in [-0.4, -0.2) is 62.1 Å². The summed E-state index contributed by atoms with van der Waals surface area (Å²) in [6, 6.07) is 8.06. The number of aliphatic hydroxyl groups excluding tert-OH is 1. The lowest BCUT2D eigenvalue weighted by atomic mass is 9.96. The second-order valence-electron chi connectivity index (χ2n) is 8.45. The van der Waals surface area contributed by atoms with E-state index < -0.39 is 6.10 Å². The average molecular weight is 439 g/mol. The summed E-state index contributed by atoms with van der Waals surface area (Å²) in [5.74, 6) is 1.28. The van der Waals surface area contributed by atoms with Gasteiger partial charge in [0.1, 0.15) is 18.5 Å². The highest BCUT2D eigenvalue weighted by Crippen LogP contribution is 2.30. The molecule has 2 aromatic heterocycles. The van der Waals surface area contributed by atoms with Crippen molar-refractivity contribution in [3.8, 4) is 5.75 Å². The van der Waals surface area contributed by atoms with Gasteiger partial charge in [0.05, 0.1) is 17.6 Å². The second-order valence-corrected chi connectivity index (χ2v) is 8.45. The molecule has 1 aromatic carbocycles. The third kappa shape index (κ3) is 5.55. The summed E-state index contributed by atoms with van der Waals surface area (Å²) >= 11 is 0. The number of benzene rings is 1. The van der Waals surface area contributed by atoms with Gasteiger partial charge in [0.15, 0.2) is 5.65 Å². The quantitative estimate of drug-likeness (QED) is 0.491. The van der Waals surface area contributed by atoms with E-state index in [-0.39, 0.29) is 6.61 Å². The monoisotopic (exact) mass is 438 g/mol. The van der Waals surface area contributed by atoms with Crippen LogP contribution in [0.3, 0.4) is 0 Å². The standard InChI is InChI=1S/C24H34N6O2/c1-3-29(4-2)16-21(31)17-32-22-12-10-19(11-13-22)27-24-25-14-18-15-26-30(23(18)28-24)20-8-6-5-7-9-20/h10-15,20-21,31H,3-9,16-17H2,1-2H3,(H,25,27,28). The van der Waals surface area contributed by atoms with E-state index in [0.717, 1.165) is 48.4 Å². The van der Waals surface area contributed by atoms with Gasteiger partial charge in [0.2, 0.25) is 5.95 Å². The Labute approximate surface area is 189 Å². The number of likely N-dealkylation sites (N-methyl/N-ethyl adjacent to an activating group) is 1. The number of hydrogen-bond donors (Lipinski definition) is 2. The molecule has 0 amide bonds. The number of aromatic nitrogens is 4. The van der Waals surface area contributed by atoms with Gasteiger partial charge in [-0.05, 0) is 50.2 Å². The minimum Gasteiger partial charge on any atom is -0.491 e. The van der Waals surface area contributed by atoms with Crippen LogP contribution in [0.2, 0.25) is 0 Å². The van der Waals surface area contributed by atoms with Gasteiger partial charge in [-0.3, -0.25) is 0 Å². The predicted octanol–water partition coefficient (Wildman–Crippen LogP) is 4.16. The van der Waals surface area contributed by atoms with Crippen molar-refractivity contribution in [2.24, 2.45) is 0 Å². The first-order valence-corrected chi connectivity index (χ1v) is 11.8. The Hall–Kier alpha value is -2.71. The highest BCUT2D eigenvalue weighted by Gasteiger charge is 2.19. The molecule has 3 aromatic rings. The largest absolute Gasteiger partial charge is 0.491 e. The second kappa shape index (κ2) is 10.7. The van der Waals surface area contributed by atoms with Crippen LogP contribution < -0.4 is 10.1 Å². The molecule has 0 aliphatic heterocycles. The van der Waals surface area contributed by atoms with Crippen LogP contribution in [0.1, 0.15) is 52.0 Å². The summed E-state index contributed by atoms with van der Waals surface area (Å²) in [6.45, 7) is 6.91. The third-order valence-corrected chi connectivity index (χ3v) is 6.17. The highest BCUT2D eigenvalue weighted by molar-refractivity contribution is 5.75. The third-order valence-electron chi connectivity index (χ3n) is 6.17. The number of nitrogens with one attached hydrogen (secondary N) is 1. The number of aliphatic hydroxyl groups is 1. The molecule has 1 aliphatic rings. The first kappa shape index (κ1) is 22.5. The number of fused-ring (bicyclic) bond motifs is 1. The van der Waals surface area contributed by atoms with Crippen LogP contribution in [0.4, 0.5) is 11.6 Å². The SMILES string of the molecule is CCN(CC)CC(O)COc1ccc(Nc2ncc3cnn(C4CCCCC4)c3n2)cc1. The molecular weight excluding hydrogens is 404 g/mol. The van der Waals surface area contributed by atoms with Crippen molar-refractivity contribution in [3.05, 3.63) is 36.7 Å². The zero-order valence-corrected chi connectivity index (χ0v) is 19.1. The molecule has 2 N–H and O–H groups in total. The molecule has 0 spiro atoms. The minimum atomic E-state index is -0.512. The van der Waals surface area contributed by atoms with Crippen molar-refractivity contribution in [1.29, 1.82) is 0 Å². The van der Waals surface area contributed by atoms with Crippen LogP contribution in [0.5, 0.6) is 5.75 Å². The maximum Gasteiger partial charge on any atom is 0.229 e. The molecule has 0 saturated heterocycles. The van der Waals surface area contributed by atoms with Crippen LogP contribution in [0.25, 0.3) is 11.0 Å². The first-order valence-electron chi connectivity index (χ1n) is 11.8. The fraction of sp³-hybridized carbons (Fsp3) is 0.542. The zero-order valence-electron chi connectivity index (χ0n) is 19.1. The van der Waals surface area contributed by atoms with Gasteiger partial charge in [0.25, 0.3) is 0 Å². The molecule has 1 fully saturated rings. The topological polar surface area (TPSA) is 88.3 Å². The van der Waals surface area contributed by atoms with Gasteiger partial charge < -0.3 is 20.1 Å². The molecule has 2 heterocycles. The maximum atomic E-state index is 10.2. The van der Waals surface area contributed by atoms with Crippen molar-refractivity contribution in [2.45, 2.75) is 58.1 Å². The molecule has 1 aliphatic carbocycles. The fourth-order valence-corrected chi connectivity index (χ4v) is 4.28. The Bertz CT molecular complexity index is 980. The first-order chi connectivity index (χ1) is 15.7. The van der Waals surface area contributed by atoms with Gasteiger partial charge in [-0.1, -0.05) is 33.1 Å². The van der Waals surface area contributed by atoms with Gasteiger partial charge >= 0.3 is 0 Å². The molecule has 0 radical (unpaired) electrons. The van der Waals surface area contributed by atoms with Crippen LogP contribution in [0.15, 0.2) is 36.7 Å². The van der Waals surface area contributed by atoms with E-state index in [1.807, 2.05) is 36.7 Å². The van der Waals surface area contributed by atoms with E-state index >= 15 is 0 Å². The van der Waals surface area contributed by atoms with Gasteiger partial charge in [0, 0.05) is 18.4 Å². The summed E-state index contributed by atoms with van der Waals surface area (Å²) in [5, 5.41) is 19.0. The molecule has 0 bridgehead atoms. The van der Waals surface area contributed by atoms with E-state index in [4.69, 9.17) is 9.72 Å². The zero-order chi connectivity index (χ0) is 22.3. The Morgan fingerprint density at radius 1 is 1.12 bits per heavy atom. The molecule has 1 atom stereocenters. The number of ether oxygens (including phenoxy) is 1. The maximum absolute atomic E-state index is 10.2. The molecule has 4 rings (SSSR count). The molecule has 8 heteroatoms. The van der Waals surface area contributed by atoms with Gasteiger partial charge in [-0.25, -0.2) is 9.67 Å². The highest BCUT2D eigenvalue weighted by atomic mass is 16.5. The molecule has 1 unspecified atom stereocenters. The van der Waals surface area contributed by atoms with Gasteiger partial charge in [-0.15, -0.1) is 0 Å². The molecule has 172 valence electrons. The summed E-state index contributed by atoms with van der Waals surface area (Å²) in [6.07, 6.45) is 9.31. The van der Waals surface area contributed by atoms with Crippen LogP contribution in [0, 0.1) is 0 Å². The predicted molar refractivity (Wildman–Crippen MR) is 126 cm³/mol. The Morgan fingerprint density at radius 3 is 2.59 bits per heavy atom. The lowest BCUT2D eigenvalue weighted by molar-refractivity contribution is 0.0716. The van der Waals surface area contributed by atoms with E-state index in [2.05, 4.69) is 38.8 Å². The van der Waals surface area contributed by atoms with Crippen molar-refractivity contribution in [1.82, 2.24) is 24.6 Å². The van der Waals surface area contributed by atoms with E-state index in [1.54, 1.807) is 0 Å². The summed E-state index contributed by atoms with van der Waals surface area (Å²) in [7, 11) is 0. The Morgan fingerprint density at radius 2 is 1.88 bits per heavy atom. The molecular formula is C24H34N6O2. The average Bonchev–Trinajstić information content (AvgIpc) is 3.26.